The Labute approximate surface area is 156 Å². The van der Waals surface area contributed by atoms with Crippen molar-refractivity contribution in [2.24, 2.45) is 5.92 Å². The number of hydrogen-bond acceptors (Lipinski definition) is 6. The van der Waals surface area contributed by atoms with Crippen LogP contribution in [0.2, 0.25) is 0 Å². The van der Waals surface area contributed by atoms with E-state index in [0.29, 0.717) is 23.8 Å². The van der Waals surface area contributed by atoms with Crippen LogP contribution in [0.4, 0.5) is 11.5 Å². The quantitative estimate of drug-likeness (QED) is 0.643. The second kappa shape index (κ2) is 8.27. The molecule has 27 heavy (non-hydrogen) atoms. The predicted molar refractivity (Wildman–Crippen MR) is 99.3 cm³/mol. The normalized spacial score (nSPS) is 14.4. The van der Waals surface area contributed by atoms with E-state index in [9.17, 15) is 20.2 Å². The Morgan fingerprint density at radius 1 is 1.33 bits per heavy atom. The highest BCUT2D eigenvalue weighted by molar-refractivity contribution is 5.94. The fraction of sp³-hybridized carbons (Fsp3) is 0.316. The van der Waals surface area contributed by atoms with Crippen molar-refractivity contribution in [3.63, 3.8) is 0 Å². The first-order valence-corrected chi connectivity index (χ1v) is 8.71. The fourth-order valence-corrected chi connectivity index (χ4v) is 3.18. The van der Waals surface area contributed by atoms with Crippen molar-refractivity contribution in [2.75, 3.05) is 24.5 Å². The first-order valence-electron chi connectivity index (χ1n) is 8.71. The van der Waals surface area contributed by atoms with Crippen molar-refractivity contribution in [1.29, 1.82) is 5.26 Å². The second-order valence-electron chi connectivity index (χ2n) is 6.43. The zero-order chi connectivity index (χ0) is 19.2. The van der Waals surface area contributed by atoms with Gasteiger partial charge in [-0.05, 0) is 37.0 Å². The van der Waals surface area contributed by atoms with Crippen LogP contribution in [0.3, 0.4) is 0 Å². The van der Waals surface area contributed by atoms with Gasteiger partial charge < -0.3 is 10.2 Å². The van der Waals surface area contributed by atoms with Gasteiger partial charge in [0, 0.05) is 43.5 Å². The van der Waals surface area contributed by atoms with Gasteiger partial charge in [-0.15, -0.1) is 0 Å². The lowest BCUT2D eigenvalue weighted by molar-refractivity contribution is -0.384. The summed E-state index contributed by atoms with van der Waals surface area (Å²) in [4.78, 5) is 29.0. The highest BCUT2D eigenvalue weighted by Gasteiger charge is 2.22. The highest BCUT2D eigenvalue weighted by Crippen LogP contribution is 2.24. The summed E-state index contributed by atoms with van der Waals surface area (Å²) in [6.07, 6.45) is 3.43. The van der Waals surface area contributed by atoms with Gasteiger partial charge in [-0.1, -0.05) is 6.07 Å². The Bertz CT molecular complexity index is 885. The number of hydrogen-bond donors (Lipinski definition) is 1. The molecule has 1 aromatic heterocycles. The Hall–Kier alpha value is -3.47. The maximum absolute atomic E-state index is 12.2. The molecule has 1 aromatic carbocycles. The molecule has 138 valence electrons. The van der Waals surface area contributed by atoms with Crippen LogP contribution in [0.15, 0.2) is 42.6 Å². The molecule has 1 aliphatic rings. The highest BCUT2D eigenvalue weighted by atomic mass is 16.6. The van der Waals surface area contributed by atoms with Crippen molar-refractivity contribution in [3.8, 4) is 6.07 Å². The molecular weight excluding hydrogens is 346 g/mol. The van der Waals surface area contributed by atoms with Crippen LogP contribution in [0.25, 0.3) is 0 Å². The van der Waals surface area contributed by atoms with Gasteiger partial charge in [-0.2, -0.15) is 5.26 Å². The lowest BCUT2D eigenvalue weighted by Gasteiger charge is -2.33. The minimum atomic E-state index is -0.514. The Balaban J connectivity index is 1.52. The minimum Gasteiger partial charge on any atom is -0.356 e. The molecule has 0 aliphatic carbocycles. The van der Waals surface area contributed by atoms with Crippen LogP contribution in [-0.2, 0) is 0 Å². The van der Waals surface area contributed by atoms with Gasteiger partial charge in [0.05, 0.1) is 10.5 Å². The lowest BCUT2D eigenvalue weighted by atomic mass is 9.96. The molecule has 0 atom stereocenters. The molecule has 3 rings (SSSR count). The maximum Gasteiger partial charge on any atom is 0.270 e. The van der Waals surface area contributed by atoms with Gasteiger partial charge in [0.2, 0.25) is 0 Å². The topological polar surface area (TPSA) is 112 Å². The molecule has 0 spiro atoms. The summed E-state index contributed by atoms with van der Waals surface area (Å²) in [5.74, 6) is 0.717. The number of nitro benzene ring substituents is 1. The molecule has 8 heteroatoms. The number of piperidine rings is 1. The zero-order valence-electron chi connectivity index (χ0n) is 14.7. The summed E-state index contributed by atoms with van der Waals surface area (Å²) in [6.45, 7) is 2.05. The summed E-state index contributed by atoms with van der Waals surface area (Å²) in [5, 5.41) is 22.9. The molecular formula is C19H19N5O3. The van der Waals surface area contributed by atoms with E-state index in [1.807, 2.05) is 0 Å². The SMILES string of the molecule is N#Cc1cccnc1N1CCC(CNC(=O)c2cccc([N+](=O)[O-])c2)CC1. The van der Waals surface area contributed by atoms with Gasteiger partial charge in [0.1, 0.15) is 11.9 Å². The van der Waals surface area contributed by atoms with Crippen molar-refractivity contribution < 1.29 is 9.72 Å². The van der Waals surface area contributed by atoms with E-state index in [4.69, 9.17) is 0 Å². The van der Waals surface area contributed by atoms with E-state index in [2.05, 4.69) is 21.3 Å². The number of pyridine rings is 1. The lowest BCUT2D eigenvalue weighted by Crippen LogP contribution is -2.39. The van der Waals surface area contributed by atoms with Gasteiger partial charge >= 0.3 is 0 Å². The van der Waals surface area contributed by atoms with Gasteiger partial charge in [-0.25, -0.2) is 4.98 Å². The number of nitro groups is 1. The van der Waals surface area contributed by atoms with Crippen LogP contribution in [-0.4, -0.2) is 35.4 Å². The average Bonchev–Trinajstić information content (AvgIpc) is 2.72. The number of benzene rings is 1. The number of amides is 1. The fourth-order valence-electron chi connectivity index (χ4n) is 3.18. The van der Waals surface area contributed by atoms with E-state index in [-0.39, 0.29) is 17.2 Å². The van der Waals surface area contributed by atoms with Gasteiger partial charge in [0.25, 0.3) is 11.6 Å². The molecule has 1 N–H and O–H groups in total. The van der Waals surface area contributed by atoms with Crippen LogP contribution in [0.1, 0.15) is 28.8 Å². The molecule has 1 saturated heterocycles. The third-order valence-electron chi connectivity index (χ3n) is 4.69. The summed E-state index contributed by atoms with van der Waals surface area (Å²) in [5.41, 5.74) is 0.753. The molecule has 1 fully saturated rings. The average molecular weight is 365 g/mol. The molecule has 0 radical (unpaired) electrons. The third kappa shape index (κ3) is 4.39. The van der Waals surface area contributed by atoms with Crippen molar-refractivity contribution in [2.45, 2.75) is 12.8 Å². The maximum atomic E-state index is 12.2. The standard InChI is InChI=1S/C19H19N5O3/c20-12-16-4-2-8-21-18(16)23-9-6-14(7-10-23)13-22-19(25)15-3-1-5-17(11-15)24(26)27/h1-5,8,11,14H,6-7,9-10,13H2,(H,22,25). The number of aromatic nitrogens is 1. The molecule has 8 nitrogen and oxygen atoms in total. The molecule has 1 aliphatic heterocycles. The summed E-state index contributed by atoms with van der Waals surface area (Å²) >= 11 is 0. The van der Waals surface area contributed by atoms with E-state index in [1.54, 1.807) is 24.4 Å². The monoisotopic (exact) mass is 365 g/mol. The Kier molecular flexibility index (Phi) is 5.61. The Morgan fingerprint density at radius 2 is 2.11 bits per heavy atom. The van der Waals surface area contributed by atoms with Crippen molar-refractivity contribution in [3.05, 3.63) is 63.8 Å². The van der Waals surface area contributed by atoms with Crippen molar-refractivity contribution in [1.82, 2.24) is 10.3 Å². The van der Waals surface area contributed by atoms with Gasteiger partial charge in [-0.3, -0.25) is 14.9 Å². The molecule has 0 saturated carbocycles. The largest absolute Gasteiger partial charge is 0.356 e. The molecule has 2 aromatic rings. The van der Waals surface area contributed by atoms with E-state index in [0.717, 1.165) is 25.9 Å². The zero-order valence-corrected chi connectivity index (χ0v) is 14.7. The number of carbonyl (C=O) groups excluding carboxylic acids is 1. The smallest absolute Gasteiger partial charge is 0.270 e. The summed E-state index contributed by atoms with van der Waals surface area (Å²) in [7, 11) is 0. The number of anilines is 1. The Morgan fingerprint density at radius 3 is 2.81 bits per heavy atom. The molecule has 0 bridgehead atoms. The summed E-state index contributed by atoms with van der Waals surface area (Å²) in [6, 6.07) is 11.4. The number of nitrogens with zero attached hydrogens (tertiary/aromatic N) is 4. The molecule has 2 heterocycles. The van der Waals surface area contributed by atoms with Crippen LogP contribution in [0, 0.1) is 27.4 Å². The number of non-ortho nitro benzene ring substituents is 1. The second-order valence-corrected chi connectivity index (χ2v) is 6.43. The van der Waals surface area contributed by atoms with E-state index in [1.165, 1.54) is 18.2 Å². The van der Waals surface area contributed by atoms with E-state index < -0.39 is 4.92 Å². The van der Waals surface area contributed by atoms with E-state index >= 15 is 0 Å². The first kappa shape index (κ1) is 18.3. The number of nitriles is 1. The van der Waals surface area contributed by atoms with Gasteiger partial charge in [0.15, 0.2) is 0 Å². The number of rotatable bonds is 5. The number of carbonyl (C=O) groups is 1. The summed E-state index contributed by atoms with van der Waals surface area (Å²) < 4.78 is 0. The third-order valence-corrected chi connectivity index (χ3v) is 4.69. The number of nitrogens with one attached hydrogen (secondary N) is 1. The van der Waals surface area contributed by atoms with Crippen LogP contribution >= 0.6 is 0 Å². The predicted octanol–water partition coefficient (Wildman–Crippen LogP) is 2.51. The minimum absolute atomic E-state index is 0.0976. The first-order chi connectivity index (χ1) is 13.1. The molecule has 1 amide bonds. The van der Waals surface area contributed by atoms with Crippen molar-refractivity contribution >= 4 is 17.4 Å². The van der Waals surface area contributed by atoms with Crippen LogP contribution in [0.5, 0.6) is 0 Å². The van der Waals surface area contributed by atoms with Crippen LogP contribution < -0.4 is 10.2 Å². The molecule has 0 unspecified atom stereocenters.